The molecular weight excluding hydrogens is 321 g/mol. The predicted molar refractivity (Wildman–Crippen MR) is 74.9 cm³/mol. The van der Waals surface area contributed by atoms with E-state index in [0.717, 1.165) is 0 Å². The lowest BCUT2D eigenvalue weighted by Crippen LogP contribution is -1.94. The Labute approximate surface area is 126 Å². The van der Waals surface area contributed by atoms with Crippen LogP contribution in [0, 0.1) is 10.1 Å². The van der Waals surface area contributed by atoms with Gasteiger partial charge in [0.2, 0.25) is 11.2 Å². The molecule has 0 spiro atoms. The smallest absolute Gasteiger partial charge is 0.288 e. The summed E-state index contributed by atoms with van der Waals surface area (Å²) in [6, 6.07) is 3.96. The summed E-state index contributed by atoms with van der Waals surface area (Å²) in [7, 11) is 0. The third-order valence-corrected chi connectivity index (χ3v) is 3.03. The molecule has 0 aliphatic rings. The third-order valence-electron chi connectivity index (χ3n) is 2.56. The van der Waals surface area contributed by atoms with E-state index in [0.29, 0.717) is 11.2 Å². The van der Waals surface area contributed by atoms with E-state index in [1.807, 2.05) is 0 Å². The molecule has 106 valence electrons. The number of fused-ring (bicyclic) bond motifs is 1. The molecule has 8 nitrogen and oxygen atoms in total. The fraction of sp³-hybridized carbons (Fsp3) is 0. The van der Waals surface area contributed by atoms with Gasteiger partial charge in [-0.3, -0.25) is 10.1 Å². The van der Waals surface area contributed by atoms with Crippen molar-refractivity contribution in [2.75, 3.05) is 0 Å². The van der Waals surface area contributed by atoms with Crippen LogP contribution in [0.25, 0.3) is 11.2 Å². The van der Waals surface area contributed by atoms with E-state index in [-0.39, 0.29) is 27.6 Å². The van der Waals surface area contributed by atoms with Crippen LogP contribution in [0.15, 0.2) is 24.5 Å². The van der Waals surface area contributed by atoms with Crippen molar-refractivity contribution in [2.24, 2.45) is 0 Å². The summed E-state index contributed by atoms with van der Waals surface area (Å²) in [6.07, 6.45) is 1.42. The van der Waals surface area contributed by atoms with Gasteiger partial charge in [0.05, 0.1) is 11.3 Å². The number of benzene rings is 1. The Morgan fingerprint density at radius 2 is 2.10 bits per heavy atom. The molecule has 1 aromatic carbocycles. The van der Waals surface area contributed by atoms with Gasteiger partial charge >= 0.3 is 0 Å². The Hall–Kier alpha value is -2.45. The van der Waals surface area contributed by atoms with Crippen molar-refractivity contribution >= 4 is 40.1 Å². The lowest BCUT2D eigenvalue weighted by atomic mass is 10.3. The average molecular weight is 326 g/mol. The maximum absolute atomic E-state index is 10.7. The molecule has 10 heteroatoms. The zero-order valence-corrected chi connectivity index (χ0v) is 11.6. The zero-order valence-electron chi connectivity index (χ0n) is 10.1. The minimum atomic E-state index is -0.583. The van der Waals surface area contributed by atoms with E-state index in [1.165, 1.54) is 24.5 Å². The topological polar surface area (TPSA) is 107 Å². The molecule has 1 N–H and O–H groups in total. The minimum Gasteiger partial charge on any atom is -0.437 e. The summed E-state index contributed by atoms with van der Waals surface area (Å²) >= 11 is 11.6. The van der Waals surface area contributed by atoms with Crippen molar-refractivity contribution in [2.45, 2.75) is 0 Å². The van der Waals surface area contributed by atoms with Gasteiger partial charge in [-0.05, 0) is 17.7 Å². The van der Waals surface area contributed by atoms with Crippen LogP contribution in [0.5, 0.6) is 11.6 Å². The molecule has 0 fully saturated rings. The molecule has 0 unspecified atom stereocenters. The molecular formula is C11H5Cl2N5O3. The van der Waals surface area contributed by atoms with Crippen molar-refractivity contribution in [1.82, 2.24) is 19.9 Å². The molecule has 2 aromatic heterocycles. The van der Waals surface area contributed by atoms with Crippen LogP contribution in [0.3, 0.4) is 0 Å². The predicted octanol–water partition coefficient (Wildman–Crippen LogP) is 3.36. The lowest BCUT2D eigenvalue weighted by Gasteiger charge is -2.06. The van der Waals surface area contributed by atoms with Crippen LogP contribution >= 0.6 is 23.2 Å². The molecule has 2 heterocycles. The van der Waals surface area contributed by atoms with E-state index in [9.17, 15) is 10.1 Å². The fourth-order valence-corrected chi connectivity index (χ4v) is 2.06. The highest BCUT2D eigenvalue weighted by molar-refractivity contribution is 6.32. The first-order chi connectivity index (χ1) is 10.0. The largest absolute Gasteiger partial charge is 0.437 e. The van der Waals surface area contributed by atoms with Gasteiger partial charge in [-0.15, -0.1) is 0 Å². The van der Waals surface area contributed by atoms with Crippen molar-refractivity contribution in [3.8, 4) is 11.6 Å². The van der Waals surface area contributed by atoms with Gasteiger partial charge < -0.3 is 9.72 Å². The number of nitrogens with one attached hydrogen (secondary N) is 1. The summed E-state index contributed by atoms with van der Waals surface area (Å²) in [5.41, 5.74) is 0.586. The van der Waals surface area contributed by atoms with Gasteiger partial charge in [-0.2, -0.15) is 9.97 Å². The normalized spacial score (nSPS) is 10.8. The Morgan fingerprint density at radius 3 is 2.81 bits per heavy atom. The van der Waals surface area contributed by atoms with Gasteiger partial charge in [0.25, 0.3) is 5.69 Å². The lowest BCUT2D eigenvalue weighted by molar-refractivity contribution is -0.384. The number of aromatic amines is 1. The van der Waals surface area contributed by atoms with Crippen molar-refractivity contribution in [3.63, 3.8) is 0 Å². The van der Waals surface area contributed by atoms with E-state index in [4.69, 9.17) is 27.9 Å². The summed E-state index contributed by atoms with van der Waals surface area (Å²) < 4.78 is 5.53. The van der Waals surface area contributed by atoms with E-state index >= 15 is 0 Å². The van der Waals surface area contributed by atoms with Crippen LogP contribution < -0.4 is 4.74 Å². The number of nitro groups is 1. The molecule has 0 aliphatic heterocycles. The Bertz CT molecular complexity index is 851. The van der Waals surface area contributed by atoms with Crippen LogP contribution in [0.4, 0.5) is 5.69 Å². The Kier molecular flexibility index (Phi) is 3.32. The molecule has 0 bridgehead atoms. The number of hydrogen-bond acceptors (Lipinski definition) is 6. The molecule has 0 saturated carbocycles. The molecule has 0 radical (unpaired) electrons. The zero-order chi connectivity index (χ0) is 15.0. The van der Waals surface area contributed by atoms with E-state index in [2.05, 4.69) is 19.9 Å². The number of hydrogen-bond donors (Lipinski definition) is 1. The van der Waals surface area contributed by atoms with Crippen LogP contribution in [-0.4, -0.2) is 24.9 Å². The van der Waals surface area contributed by atoms with Crippen molar-refractivity contribution < 1.29 is 9.66 Å². The number of rotatable bonds is 3. The molecule has 3 aromatic rings. The summed E-state index contributed by atoms with van der Waals surface area (Å²) in [5.74, 6) is 0.420. The monoisotopic (exact) mass is 325 g/mol. The maximum atomic E-state index is 10.7. The summed E-state index contributed by atoms with van der Waals surface area (Å²) in [4.78, 5) is 24.7. The van der Waals surface area contributed by atoms with Crippen LogP contribution in [0.1, 0.15) is 0 Å². The molecule has 0 saturated heterocycles. The highest BCUT2D eigenvalue weighted by Gasteiger charge is 2.15. The second kappa shape index (κ2) is 5.15. The quantitative estimate of drug-likeness (QED) is 0.449. The number of H-pyrrole nitrogens is 1. The molecule has 0 amide bonds. The van der Waals surface area contributed by atoms with Crippen LogP contribution in [0.2, 0.25) is 10.3 Å². The van der Waals surface area contributed by atoms with E-state index in [1.54, 1.807) is 0 Å². The second-order valence-corrected chi connectivity index (χ2v) is 4.62. The Morgan fingerprint density at radius 1 is 1.29 bits per heavy atom. The van der Waals surface area contributed by atoms with Gasteiger partial charge in [-0.1, -0.05) is 11.6 Å². The second-order valence-electron chi connectivity index (χ2n) is 3.87. The SMILES string of the molecule is O=[N+]([O-])c1ccc(Oc2nc(Cl)nc3nc[nH]c23)cc1Cl. The van der Waals surface area contributed by atoms with Crippen molar-refractivity contribution in [1.29, 1.82) is 0 Å². The van der Waals surface area contributed by atoms with E-state index < -0.39 is 4.92 Å². The first-order valence-electron chi connectivity index (χ1n) is 5.53. The van der Waals surface area contributed by atoms with Crippen molar-refractivity contribution in [3.05, 3.63) is 44.9 Å². The first kappa shape index (κ1) is 13.5. The number of halogens is 2. The van der Waals surface area contributed by atoms with Gasteiger partial charge in [0.1, 0.15) is 16.3 Å². The standard InChI is InChI=1S/C11H5Cl2N5O3/c12-6-3-5(1-2-7(6)18(19)20)21-10-8-9(15-4-14-8)16-11(13)17-10/h1-4H,(H,14,15,16,17). The molecule has 0 atom stereocenters. The van der Waals surface area contributed by atoms with Gasteiger partial charge in [-0.25, -0.2) is 4.98 Å². The Balaban J connectivity index is 2.00. The number of nitro benzene ring substituents is 1. The van der Waals surface area contributed by atoms with Gasteiger partial charge in [0.15, 0.2) is 5.65 Å². The third kappa shape index (κ3) is 2.58. The minimum absolute atomic E-state index is 0.0300. The summed E-state index contributed by atoms with van der Waals surface area (Å²) in [5, 5.41) is 10.6. The summed E-state index contributed by atoms with van der Waals surface area (Å²) in [6.45, 7) is 0. The number of nitrogens with zero attached hydrogens (tertiary/aromatic N) is 4. The highest BCUT2D eigenvalue weighted by Crippen LogP contribution is 2.32. The molecule has 21 heavy (non-hydrogen) atoms. The number of aromatic nitrogens is 4. The fourth-order valence-electron chi connectivity index (χ4n) is 1.67. The first-order valence-corrected chi connectivity index (χ1v) is 6.28. The maximum Gasteiger partial charge on any atom is 0.288 e. The average Bonchev–Trinajstić information content (AvgIpc) is 2.86. The number of imidazole rings is 1. The van der Waals surface area contributed by atoms with Gasteiger partial charge in [0, 0.05) is 12.1 Å². The van der Waals surface area contributed by atoms with Crippen LogP contribution in [-0.2, 0) is 0 Å². The molecule has 3 rings (SSSR count). The highest BCUT2D eigenvalue weighted by atomic mass is 35.5. The molecule has 0 aliphatic carbocycles. The number of ether oxygens (including phenoxy) is 1.